The Morgan fingerprint density at radius 3 is 2.31 bits per heavy atom. The Labute approximate surface area is 102 Å². The third-order valence-electron chi connectivity index (χ3n) is 4.32. The van der Waals surface area contributed by atoms with E-state index >= 15 is 0 Å². The second-order valence-corrected chi connectivity index (χ2v) is 6.06. The molecular weight excluding hydrogens is 196 g/mol. The maximum Gasteiger partial charge on any atom is 0.00740 e. The first-order chi connectivity index (χ1) is 7.50. The predicted octanol–water partition coefficient (Wildman–Crippen LogP) is 2.87. The van der Waals surface area contributed by atoms with Crippen LogP contribution < -0.4 is 5.73 Å². The average Bonchev–Trinajstić information content (AvgIpc) is 2.18. The zero-order valence-corrected chi connectivity index (χ0v) is 11.6. The number of rotatable bonds is 7. The van der Waals surface area contributed by atoms with Crippen molar-refractivity contribution in [2.45, 2.75) is 65.0 Å². The Kier molecular flexibility index (Phi) is 5.77. The van der Waals surface area contributed by atoms with Gasteiger partial charge in [-0.25, -0.2) is 0 Å². The van der Waals surface area contributed by atoms with E-state index in [2.05, 4.69) is 32.7 Å². The fourth-order valence-electron chi connectivity index (χ4n) is 2.30. The molecular formula is C14H30N2. The number of nitrogens with zero attached hydrogens (tertiary/aromatic N) is 1. The van der Waals surface area contributed by atoms with Gasteiger partial charge in [0.25, 0.3) is 0 Å². The molecule has 0 saturated heterocycles. The Morgan fingerprint density at radius 2 is 1.88 bits per heavy atom. The molecule has 0 aliphatic heterocycles. The second kappa shape index (κ2) is 6.61. The van der Waals surface area contributed by atoms with E-state index in [0.717, 1.165) is 24.9 Å². The van der Waals surface area contributed by atoms with Crippen LogP contribution in [0.25, 0.3) is 0 Å². The molecule has 2 atom stereocenters. The molecule has 1 aliphatic rings. The molecule has 2 heteroatoms. The second-order valence-electron chi connectivity index (χ2n) is 6.06. The molecule has 1 rings (SSSR count). The predicted molar refractivity (Wildman–Crippen MR) is 71.5 cm³/mol. The standard InChI is InChI=1S/C14H30N2/c1-11(2)14(15)8-9-16(4)12(3)10-13-6-5-7-13/h11-14H,5-10,15H2,1-4H3. The van der Waals surface area contributed by atoms with Gasteiger partial charge in [0.2, 0.25) is 0 Å². The highest BCUT2D eigenvalue weighted by Crippen LogP contribution is 2.31. The minimum atomic E-state index is 0.360. The van der Waals surface area contributed by atoms with Crippen LogP contribution in [0.3, 0.4) is 0 Å². The molecule has 0 radical (unpaired) electrons. The van der Waals surface area contributed by atoms with Gasteiger partial charge in [-0.2, -0.15) is 0 Å². The van der Waals surface area contributed by atoms with Crippen molar-refractivity contribution in [2.24, 2.45) is 17.6 Å². The summed E-state index contributed by atoms with van der Waals surface area (Å²) >= 11 is 0. The Hall–Kier alpha value is -0.0800. The summed E-state index contributed by atoms with van der Waals surface area (Å²) in [6, 6.07) is 1.09. The maximum atomic E-state index is 6.08. The van der Waals surface area contributed by atoms with Crippen LogP contribution in [0.4, 0.5) is 0 Å². The van der Waals surface area contributed by atoms with Crippen molar-refractivity contribution < 1.29 is 0 Å². The Morgan fingerprint density at radius 1 is 1.25 bits per heavy atom. The van der Waals surface area contributed by atoms with E-state index in [1.165, 1.54) is 25.7 Å². The molecule has 0 aromatic heterocycles. The van der Waals surface area contributed by atoms with E-state index in [4.69, 9.17) is 5.73 Å². The molecule has 0 spiro atoms. The van der Waals surface area contributed by atoms with Crippen LogP contribution in [0.15, 0.2) is 0 Å². The minimum Gasteiger partial charge on any atom is -0.327 e. The molecule has 0 heterocycles. The van der Waals surface area contributed by atoms with Crippen LogP contribution in [0.2, 0.25) is 0 Å². The SMILES string of the molecule is CC(C)C(N)CCN(C)C(C)CC1CCC1. The van der Waals surface area contributed by atoms with Gasteiger partial charge < -0.3 is 10.6 Å². The summed E-state index contributed by atoms with van der Waals surface area (Å²) < 4.78 is 0. The van der Waals surface area contributed by atoms with E-state index in [-0.39, 0.29) is 0 Å². The molecule has 1 saturated carbocycles. The van der Waals surface area contributed by atoms with Crippen LogP contribution in [-0.4, -0.2) is 30.6 Å². The summed E-state index contributed by atoms with van der Waals surface area (Å²) in [5, 5.41) is 0. The lowest BCUT2D eigenvalue weighted by Crippen LogP contribution is -2.37. The minimum absolute atomic E-state index is 0.360. The average molecular weight is 226 g/mol. The zero-order chi connectivity index (χ0) is 12.1. The fourth-order valence-corrected chi connectivity index (χ4v) is 2.30. The van der Waals surface area contributed by atoms with Crippen molar-refractivity contribution in [3.63, 3.8) is 0 Å². The van der Waals surface area contributed by atoms with Crippen molar-refractivity contribution in [3.05, 3.63) is 0 Å². The summed E-state index contributed by atoms with van der Waals surface area (Å²) in [4.78, 5) is 2.49. The highest BCUT2D eigenvalue weighted by Gasteiger charge is 2.22. The molecule has 2 N–H and O–H groups in total. The van der Waals surface area contributed by atoms with Gasteiger partial charge in [-0.05, 0) is 45.2 Å². The van der Waals surface area contributed by atoms with Crippen LogP contribution >= 0.6 is 0 Å². The van der Waals surface area contributed by atoms with E-state index in [1.807, 2.05) is 0 Å². The highest BCUT2D eigenvalue weighted by atomic mass is 15.1. The Bertz CT molecular complexity index is 187. The summed E-state index contributed by atoms with van der Waals surface area (Å²) in [5.41, 5.74) is 6.08. The fraction of sp³-hybridized carbons (Fsp3) is 1.00. The maximum absolute atomic E-state index is 6.08. The zero-order valence-electron chi connectivity index (χ0n) is 11.6. The van der Waals surface area contributed by atoms with Gasteiger partial charge in [0.1, 0.15) is 0 Å². The van der Waals surface area contributed by atoms with Crippen LogP contribution in [-0.2, 0) is 0 Å². The molecule has 0 amide bonds. The lowest BCUT2D eigenvalue weighted by molar-refractivity contribution is 0.175. The van der Waals surface area contributed by atoms with E-state index < -0.39 is 0 Å². The monoisotopic (exact) mass is 226 g/mol. The van der Waals surface area contributed by atoms with Crippen molar-refractivity contribution >= 4 is 0 Å². The largest absolute Gasteiger partial charge is 0.327 e. The molecule has 1 fully saturated rings. The summed E-state index contributed by atoms with van der Waals surface area (Å²) in [6.07, 6.45) is 6.89. The smallest absolute Gasteiger partial charge is 0.00740 e. The first-order valence-corrected chi connectivity index (χ1v) is 6.96. The summed E-state index contributed by atoms with van der Waals surface area (Å²) in [5.74, 6) is 1.62. The van der Waals surface area contributed by atoms with Crippen LogP contribution in [0, 0.1) is 11.8 Å². The normalized spacial score (nSPS) is 21.2. The van der Waals surface area contributed by atoms with Crippen LogP contribution in [0.5, 0.6) is 0 Å². The van der Waals surface area contributed by atoms with Crippen molar-refractivity contribution in [1.82, 2.24) is 4.90 Å². The van der Waals surface area contributed by atoms with E-state index in [1.54, 1.807) is 0 Å². The molecule has 0 bridgehead atoms. The van der Waals surface area contributed by atoms with Gasteiger partial charge >= 0.3 is 0 Å². The Balaban J connectivity index is 2.14. The molecule has 0 aromatic rings. The first-order valence-electron chi connectivity index (χ1n) is 6.96. The van der Waals surface area contributed by atoms with Gasteiger partial charge in [0.05, 0.1) is 0 Å². The lowest BCUT2D eigenvalue weighted by Gasteiger charge is -2.33. The van der Waals surface area contributed by atoms with E-state index in [0.29, 0.717) is 12.0 Å². The van der Waals surface area contributed by atoms with Crippen molar-refractivity contribution in [1.29, 1.82) is 0 Å². The lowest BCUT2D eigenvalue weighted by atomic mass is 9.81. The molecule has 16 heavy (non-hydrogen) atoms. The van der Waals surface area contributed by atoms with E-state index in [9.17, 15) is 0 Å². The quantitative estimate of drug-likeness (QED) is 0.723. The van der Waals surface area contributed by atoms with Crippen molar-refractivity contribution in [2.75, 3.05) is 13.6 Å². The number of hydrogen-bond donors (Lipinski definition) is 1. The topological polar surface area (TPSA) is 29.3 Å². The summed E-state index contributed by atoms with van der Waals surface area (Å²) in [7, 11) is 2.25. The van der Waals surface area contributed by atoms with Gasteiger partial charge in [-0.3, -0.25) is 0 Å². The molecule has 1 aliphatic carbocycles. The van der Waals surface area contributed by atoms with Gasteiger partial charge in [-0.1, -0.05) is 33.1 Å². The number of nitrogens with two attached hydrogens (primary N) is 1. The molecule has 0 aromatic carbocycles. The van der Waals surface area contributed by atoms with Gasteiger partial charge in [-0.15, -0.1) is 0 Å². The number of hydrogen-bond acceptors (Lipinski definition) is 2. The first kappa shape index (κ1) is 14.0. The third kappa shape index (κ3) is 4.42. The van der Waals surface area contributed by atoms with Gasteiger partial charge in [0.15, 0.2) is 0 Å². The van der Waals surface area contributed by atoms with Crippen LogP contribution in [0.1, 0.15) is 52.9 Å². The van der Waals surface area contributed by atoms with Gasteiger partial charge in [0, 0.05) is 12.1 Å². The molecule has 96 valence electrons. The summed E-state index contributed by atoms with van der Waals surface area (Å²) in [6.45, 7) is 7.93. The third-order valence-corrected chi connectivity index (χ3v) is 4.32. The highest BCUT2D eigenvalue weighted by molar-refractivity contribution is 4.76. The molecule has 2 nitrogen and oxygen atoms in total. The molecule has 2 unspecified atom stereocenters. The van der Waals surface area contributed by atoms with Crippen molar-refractivity contribution in [3.8, 4) is 0 Å².